The molecule has 0 bridgehead atoms. The molecule has 0 N–H and O–H groups in total. The van der Waals surface area contributed by atoms with Crippen LogP contribution in [0.1, 0.15) is 64.8 Å². The van der Waals surface area contributed by atoms with Crippen molar-refractivity contribution < 1.29 is 31.8 Å². The van der Waals surface area contributed by atoms with E-state index in [2.05, 4.69) is 20.7 Å². The van der Waals surface area contributed by atoms with Crippen LogP contribution in [0.25, 0.3) is 17.3 Å². The highest BCUT2D eigenvalue weighted by Gasteiger charge is 2.41. The van der Waals surface area contributed by atoms with Gasteiger partial charge in [0.15, 0.2) is 5.70 Å². The summed E-state index contributed by atoms with van der Waals surface area (Å²) >= 11 is 0. The maximum absolute atomic E-state index is 15.3. The molecule has 0 saturated carbocycles. The highest BCUT2D eigenvalue weighted by atomic mass is 19.4. The summed E-state index contributed by atoms with van der Waals surface area (Å²) in [5.41, 5.74) is 1.06. The molecule has 210 valence electrons. The third kappa shape index (κ3) is 5.42. The van der Waals surface area contributed by atoms with Crippen LogP contribution in [0, 0.1) is 17.1 Å². The Kier molecular flexibility index (Phi) is 7.34. The molecule has 0 spiro atoms. The van der Waals surface area contributed by atoms with Gasteiger partial charge in [0, 0.05) is 36.4 Å². The second-order valence-electron chi connectivity index (χ2n) is 9.73. The summed E-state index contributed by atoms with van der Waals surface area (Å²) in [5.74, 6) is -1.70. The number of alkyl halides is 3. The number of nitrogens with zero attached hydrogens (tertiary/aromatic N) is 5. The fourth-order valence-corrected chi connectivity index (χ4v) is 5.03. The number of nitriles is 1. The second-order valence-corrected chi connectivity index (χ2v) is 9.73. The molecule has 1 fully saturated rings. The van der Waals surface area contributed by atoms with Crippen LogP contribution in [0.4, 0.5) is 17.6 Å². The minimum absolute atomic E-state index is 0.0473. The maximum Gasteiger partial charge on any atom is 0.439 e. The van der Waals surface area contributed by atoms with Gasteiger partial charge in [0.1, 0.15) is 17.3 Å². The fraction of sp³-hybridized carbons (Fsp3) is 0.310. The van der Waals surface area contributed by atoms with Gasteiger partial charge in [-0.05, 0) is 55.7 Å². The number of allylic oxidation sites excluding steroid dienone is 1. The minimum Gasteiger partial charge on any atom is -0.481 e. The molecule has 3 atom stereocenters. The van der Waals surface area contributed by atoms with Crippen LogP contribution >= 0.6 is 0 Å². The van der Waals surface area contributed by atoms with Gasteiger partial charge in [-0.1, -0.05) is 5.73 Å². The molecule has 2 aromatic heterocycles. The van der Waals surface area contributed by atoms with Crippen LogP contribution in [0.5, 0.6) is 5.88 Å². The molecular formula is C29H23F4N5O3. The first-order valence-corrected chi connectivity index (χ1v) is 12.6. The lowest BCUT2D eigenvalue weighted by Crippen LogP contribution is -2.34. The Morgan fingerprint density at radius 2 is 1.93 bits per heavy atom. The standard InChI is InChI=1S/C29H23F4N5O3/c1-15-10-18(12-22(41-15)17-8-9-35-24(13-17)40-3)27-36-25(19-5-4-16(14-34)11-21(19)30)20-6-7-23(29(31,32)33)38(2)28(39)26(20)37-27/h4-6,8-9,11,13,15,18,22H,10,12H2,1-3H3/t15-,18-,22+/m0/s1. The molecule has 0 radical (unpaired) electrons. The smallest absolute Gasteiger partial charge is 0.439 e. The SMILES string of the molecule is COc1cc([C@H]2C[C@@H](c3nc4c(c(-c5ccc(C#N)cc5F)n3)C=C=C(C(F)(F)F)N(C)C4=O)C[C@H](C)O2)ccn1. The zero-order valence-electron chi connectivity index (χ0n) is 22.2. The number of methoxy groups -OCH3 is 1. The van der Waals surface area contributed by atoms with Crippen molar-refractivity contribution in [2.45, 2.75) is 44.1 Å². The normalized spacial score (nSPS) is 20.6. The Morgan fingerprint density at radius 1 is 1.17 bits per heavy atom. The molecule has 2 aliphatic heterocycles. The van der Waals surface area contributed by atoms with Crippen molar-refractivity contribution >= 4 is 12.0 Å². The Balaban J connectivity index is 1.67. The summed E-state index contributed by atoms with van der Waals surface area (Å²) in [6.07, 6.45) is -2.22. The van der Waals surface area contributed by atoms with Gasteiger partial charge in [0.2, 0.25) is 5.88 Å². The molecule has 1 amide bonds. The van der Waals surface area contributed by atoms with Gasteiger partial charge >= 0.3 is 6.18 Å². The zero-order chi connectivity index (χ0) is 29.5. The van der Waals surface area contributed by atoms with E-state index in [9.17, 15) is 23.2 Å². The highest BCUT2D eigenvalue weighted by molar-refractivity contribution is 6.00. The van der Waals surface area contributed by atoms with Crippen molar-refractivity contribution in [3.8, 4) is 23.2 Å². The number of aromatic nitrogens is 3. The van der Waals surface area contributed by atoms with Crippen LogP contribution in [0.15, 0.2) is 48.0 Å². The third-order valence-electron chi connectivity index (χ3n) is 7.00. The third-order valence-corrected chi connectivity index (χ3v) is 7.00. The molecule has 4 heterocycles. The number of hydrogen-bond acceptors (Lipinski definition) is 7. The zero-order valence-corrected chi connectivity index (χ0v) is 22.2. The Morgan fingerprint density at radius 3 is 2.61 bits per heavy atom. The van der Waals surface area contributed by atoms with Crippen LogP contribution in [-0.2, 0) is 4.74 Å². The van der Waals surface area contributed by atoms with Gasteiger partial charge in [-0.3, -0.25) is 9.69 Å². The quantitative estimate of drug-likeness (QED) is 0.294. The summed E-state index contributed by atoms with van der Waals surface area (Å²) in [6.45, 7) is 1.86. The lowest BCUT2D eigenvalue weighted by molar-refractivity contribution is -0.106. The average Bonchev–Trinajstić information content (AvgIpc) is 3.08. The number of amides is 1. The van der Waals surface area contributed by atoms with Gasteiger partial charge in [0.25, 0.3) is 5.91 Å². The van der Waals surface area contributed by atoms with Crippen LogP contribution in [0.3, 0.4) is 0 Å². The van der Waals surface area contributed by atoms with Crippen LogP contribution in [0.2, 0.25) is 0 Å². The molecule has 1 aromatic carbocycles. The summed E-state index contributed by atoms with van der Waals surface area (Å²) in [5, 5.41) is 9.17. The van der Waals surface area contributed by atoms with Gasteiger partial charge < -0.3 is 9.47 Å². The molecule has 12 heteroatoms. The van der Waals surface area contributed by atoms with E-state index in [1.807, 2.05) is 13.0 Å². The average molecular weight is 566 g/mol. The number of ether oxygens (including phenoxy) is 2. The van der Waals surface area contributed by atoms with E-state index in [0.717, 1.165) is 24.8 Å². The first-order valence-electron chi connectivity index (χ1n) is 12.6. The number of fused-ring (bicyclic) bond motifs is 1. The van der Waals surface area contributed by atoms with E-state index in [0.29, 0.717) is 23.6 Å². The van der Waals surface area contributed by atoms with Crippen molar-refractivity contribution in [3.63, 3.8) is 0 Å². The number of carbonyl (C=O) groups is 1. The van der Waals surface area contributed by atoms with Gasteiger partial charge in [-0.2, -0.15) is 18.4 Å². The van der Waals surface area contributed by atoms with Gasteiger partial charge in [-0.25, -0.2) is 19.3 Å². The molecule has 41 heavy (non-hydrogen) atoms. The largest absolute Gasteiger partial charge is 0.481 e. The number of halogens is 4. The number of pyridine rings is 1. The van der Waals surface area contributed by atoms with Crippen LogP contribution < -0.4 is 4.74 Å². The molecule has 0 unspecified atom stereocenters. The van der Waals surface area contributed by atoms with Crippen molar-refractivity contribution in [2.24, 2.45) is 0 Å². The van der Waals surface area contributed by atoms with Crippen molar-refractivity contribution in [1.82, 2.24) is 19.9 Å². The molecule has 0 aliphatic carbocycles. The second kappa shape index (κ2) is 10.8. The lowest BCUT2D eigenvalue weighted by atomic mass is 9.88. The summed E-state index contributed by atoms with van der Waals surface area (Å²) < 4.78 is 67.9. The molecule has 8 nitrogen and oxygen atoms in total. The van der Waals surface area contributed by atoms with Crippen molar-refractivity contribution in [3.05, 3.63) is 82.0 Å². The molecule has 1 saturated heterocycles. The number of carbonyl (C=O) groups excluding carboxylic acids is 1. The predicted molar refractivity (Wildman–Crippen MR) is 138 cm³/mol. The fourth-order valence-electron chi connectivity index (χ4n) is 5.03. The number of benzene rings is 1. The van der Waals surface area contributed by atoms with E-state index in [-0.39, 0.29) is 40.0 Å². The van der Waals surface area contributed by atoms with Crippen molar-refractivity contribution in [2.75, 3.05) is 14.2 Å². The Hall–Kier alpha value is -4.59. The Bertz CT molecular complexity index is 1640. The van der Waals surface area contributed by atoms with Crippen LogP contribution in [-0.4, -0.2) is 52.2 Å². The topological polar surface area (TPSA) is 101 Å². The molecule has 3 aromatic rings. The van der Waals surface area contributed by atoms with Gasteiger partial charge in [-0.15, -0.1) is 0 Å². The van der Waals surface area contributed by atoms with E-state index in [1.165, 1.54) is 19.2 Å². The summed E-state index contributed by atoms with van der Waals surface area (Å²) in [7, 11) is 2.47. The molecule has 2 aliphatic rings. The minimum atomic E-state index is -4.88. The van der Waals surface area contributed by atoms with E-state index in [1.54, 1.807) is 18.3 Å². The summed E-state index contributed by atoms with van der Waals surface area (Å²) in [6, 6.07) is 9.03. The highest BCUT2D eigenvalue weighted by Crippen LogP contribution is 2.41. The lowest BCUT2D eigenvalue weighted by Gasteiger charge is -2.34. The molecule has 5 rings (SSSR count). The maximum atomic E-state index is 15.3. The van der Waals surface area contributed by atoms with E-state index >= 15 is 4.39 Å². The Labute approximate surface area is 232 Å². The monoisotopic (exact) mass is 565 g/mol. The number of hydrogen-bond donors (Lipinski definition) is 0. The predicted octanol–water partition coefficient (Wildman–Crippen LogP) is 5.73. The van der Waals surface area contributed by atoms with Crippen molar-refractivity contribution in [1.29, 1.82) is 5.26 Å². The molecular weight excluding hydrogens is 542 g/mol. The van der Waals surface area contributed by atoms with E-state index in [4.69, 9.17) is 9.47 Å². The number of rotatable bonds is 4. The first kappa shape index (κ1) is 28.0. The van der Waals surface area contributed by atoms with E-state index < -0.39 is 35.6 Å². The summed E-state index contributed by atoms with van der Waals surface area (Å²) in [4.78, 5) is 27.0. The first-order chi connectivity index (χ1) is 19.5. The van der Waals surface area contributed by atoms with Gasteiger partial charge in [0.05, 0.1) is 36.6 Å².